The summed E-state index contributed by atoms with van der Waals surface area (Å²) in [7, 11) is 0. The molecule has 0 bridgehead atoms. The highest BCUT2D eigenvalue weighted by Gasteiger charge is 1.96. The van der Waals surface area contributed by atoms with E-state index in [4.69, 9.17) is 4.84 Å². The number of hydroxylamine groups is 1. The van der Waals surface area contributed by atoms with Crippen molar-refractivity contribution in [1.29, 1.82) is 0 Å². The van der Waals surface area contributed by atoms with E-state index in [1.807, 2.05) is 19.1 Å². The Balaban J connectivity index is 3.00. The first-order valence-electron chi connectivity index (χ1n) is 4.77. The van der Waals surface area contributed by atoms with E-state index < -0.39 is 0 Å². The summed E-state index contributed by atoms with van der Waals surface area (Å²) in [6, 6.07) is 0. The van der Waals surface area contributed by atoms with E-state index in [0.717, 1.165) is 12.5 Å². The average molecular weight is 171 g/mol. The minimum atomic E-state index is 0.664. The van der Waals surface area contributed by atoms with Gasteiger partial charge in [-0.3, -0.25) is 4.84 Å². The number of allylic oxidation sites excluding steroid dienone is 1. The molecule has 72 valence electrons. The molecule has 0 aliphatic carbocycles. The molecular formula is C10H21NO. The molecule has 0 aromatic heterocycles. The molecule has 1 unspecified atom stereocenters. The second kappa shape index (κ2) is 8.75. The number of hydrogen-bond acceptors (Lipinski definition) is 2. The molecule has 0 saturated heterocycles. The highest BCUT2D eigenvalue weighted by Crippen LogP contribution is 2.03. The van der Waals surface area contributed by atoms with Crippen molar-refractivity contribution >= 4 is 0 Å². The van der Waals surface area contributed by atoms with Crippen molar-refractivity contribution in [3.63, 3.8) is 0 Å². The summed E-state index contributed by atoms with van der Waals surface area (Å²) in [6.45, 7) is 8.07. The zero-order valence-electron chi connectivity index (χ0n) is 8.47. The highest BCUT2D eigenvalue weighted by molar-refractivity contribution is 4.75. The summed E-state index contributed by atoms with van der Waals surface area (Å²) in [5.74, 6) is 0.794. The Kier molecular flexibility index (Phi) is 8.51. The SMILES string of the molecule is C/C=C/CONCCC(C)CC. The van der Waals surface area contributed by atoms with Gasteiger partial charge >= 0.3 is 0 Å². The molecule has 0 aliphatic rings. The zero-order chi connectivity index (χ0) is 9.23. The summed E-state index contributed by atoms with van der Waals surface area (Å²) >= 11 is 0. The van der Waals surface area contributed by atoms with E-state index in [-0.39, 0.29) is 0 Å². The molecule has 0 amide bonds. The predicted molar refractivity (Wildman–Crippen MR) is 52.8 cm³/mol. The Labute approximate surface area is 76.0 Å². The molecule has 0 fully saturated rings. The Bertz CT molecular complexity index is 112. The lowest BCUT2D eigenvalue weighted by Gasteiger charge is -2.08. The maximum absolute atomic E-state index is 5.13. The fourth-order valence-corrected chi connectivity index (χ4v) is 0.785. The molecule has 0 saturated carbocycles. The van der Waals surface area contributed by atoms with Crippen molar-refractivity contribution in [2.24, 2.45) is 5.92 Å². The van der Waals surface area contributed by atoms with Crippen LogP contribution in [0, 0.1) is 5.92 Å². The lowest BCUT2D eigenvalue weighted by atomic mass is 10.1. The van der Waals surface area contributed by atoms with Crippen LogP contribution < -0.4 is 5.48 Å². The van der Waals surface area contributed by atoms with Gasteiger partial charge in [0.2, 0.25) is 0 Å². The molecule has 0 aromatic rings. The van der Waals surface area contributed by atoms with Crippen LogP contribution in [-0.2, 0) is 4.84 Å². The first-order chi connectivity index (χ1) is 5.81. The molecule has 0 heterocycles. The standard InChI is InChI=1S/C10H21NO/c1-4-6-9-12-11-8-7-10(3)5-2/h4,6,10-11H,5,7-9H2,1-3H3/b6-4+. The summed E-state index contributed by atoms with van der Waals surface area (Å²) in [5, 5.41) is 0. The monoisotopic (exact) mass is 171 g/mol. The summed E-state index contributed by atoms with van der Waals surface area (Å²) < 4.78 is 0. The zero-order valence-corrected chi connectivity index (χ0v) is 8.47. The number of rotatable bonds is 7. The Hall–Kier alpha value is -0.340. The van der Waals surface area contributed by atoms with Gasteiger partial charge in [0.15, 0.2) is 0 Å². The predicted octanol–water partition coefficient (Wildman–Crippen LogP) is 2.52. The van der Waals surface area contributed by atoms with E-state index in [2.05, 4.69) is 19.3 Å². The van der Waals surface area contributed by atoms with Gasteiger partial charge in [0, 0.05) is 6.54 Å². The van der Waals surface area contributed by atoms with Crippen LogP contribution in [0.15, 0.2) is 12.2 Å². The molecular weight excluding hydrogens is 150 g/mol. The Morgan fingerprint density at radius 2 is 2.25 bits per heavy atom. The molecule has 1 N–H and O–H groups in total. The van der Waals surface area contributed by atoms with Crippen LogP contribution in [0.1, 0.15) is 33.6 Å². The van der Waals surface area contributed by atoms with Crippen LogP contribution in [0.3, 0.4) is 0 Å². The third-order valence-electron chi connectivity index (χ3n) is 1.95. The van der Waals surface area contributed by atoms with Crippen molar-refractivity contribution in [3.05, 3.63) is 12.2 Å². The van der Waals surface area contributed by atoms with Gasteiger partial charge in [-0.05, 0) is 19.3 Å². The minimum Gasteiger partial charge on any atom is -0.298 e. The van der Waals surface area contributed by atoms with Crippen molar-refractivity contribution in [3.8, 4) is 0 Å². The fraction of sp³-hybridized carbons (Fsp3) is 0.800. The summed E-state index contributed by atoms with van der Waals surface area (Å²) in [4.78, 5) is 5.13. The summed E-state index contributed by atoms with van der Waals surface area (Å²) in [6.07, 6.45) is 6.40. The van der Waals surface area contributed by atoms with Gasteiger partial charge in [-0.15, -0.1) is 0 Å². The van der Waals surface area contributed by atoms with Gasteiger partial charge < -0.3 is 0 Å². The molecule has 2 nitrogen and oxygen atoms in total. The van der Waals surface area contributed by atoms with E-state index in [1.165, 1.54) is 12.8 Å². The largest absolute Gasteiger partial charge is 0.298 e. The van der Waals surface area contributed by atoms with Gasteiger partial charge in [0.05, 0.1) is 6.61 Å². The second-order valence-corrected chi connectivity index (χ2v) is 3.08. The first-order valence-corrected chi connectivity index (χ1v) is 4.77. The summed E-state index contributed by atoms with van der Waals surface area (Å²) in [5.41, 5.74) is 2.93. The van der Waals surface area contributed by atoms with Crippen LogP contribution in [0.4, 0.5) is 0 Å². The third kappa shape index (κ3) is 7.76. The lowest BCUT2D eigenvalue weighted by Crippen LogP contribution is -2.17. The van der Waals surface area contributed by atoms with Gasteiger partial charge in [-0.1, -0.05) is 32.4 Å². The van der Waals surface area contributed by atoms with Crippen molar-refractivity contribution < 1.29 is 4.84 Å². The Morgan fingerprint density at radius 3 is 2.83 bits per heavy atom. The lowest BCUT2D eigenvalue weighted by molar-refractivity contribution is 0.0592. The van der Waals surface area contributed by atoms with Crippen LogP contribution in [0.2, 0.25) is 0 Å². The normalized spacial score (nSPS) is 13.9. The number of hydrogen-bond donors (Lipinski definition) is 1. The smallest absolute Gasteiger partial charge is 0.0863 e. The van der Waals surface area contributed by atoms with Crippen LogP contribution in [-0.4, -0.2) is 13.2 Å². The molecule has 1 atom stereocenters. The second-order valence-electron chi connectivity index (χ2n) is 3.08. The van der Waals surface area contributed by atoms with Gasteiger partial charge in [-0.2, -0.15) is 0 Å². The van der Waals surface area contributed by atoms with E-state index in [9.17, 15) is 0 Å². The average Bonchev–Trinajstić information content (AvgIpc) is 2.10. The molecule has 12 heavy (non-hydrogen) atoms. The van der Waals surface area contributed by atoms with Gasteiger partial charge in [0.1, 0.15) is 0 Å². The van der Waals surface area contributed by atoms with Gasteiger partial charge in [-0.25, -0.2) is 5.48 Å². The quantitative estimate of drug-likeness (QED) is 0.361. The van der Waals surface area contributed by atoms with E-state index >= 15 is 0 Å². The first kappa shape index (κ1) is 11.7. The van der Waals surface area contributed by atoms with Crippen molar-refractivity contribution in [1.82, 2.24) is 5.48 Å². The molecule has 0 aromatic carbocycles. The molecule has 2 heteroatoms. The molecule has 0 radical (unpaired) electrons. The molecule has 0 rings (SSSR count). The van der Waals surface area contributed by atoms with Gasteiger partial charge in [0.25, 0.3) is 0 Å². The maximum atomic E-state index is 5.13. The minimum absolute atomic E-state index is 0.664. The molecule has 0 spiro atoms. The fourth-order valence-electron chi connectivity index (χ4n) is 0.785. The molecule has 0 aliphatic heterocycles. The van der Waals surface area contributed by atoms with Crippen LogP contribution in [0.5, 0.6) is 0 Å². The Morgan fingerprint density at radius 1 is 1.50 bits per heavy atom. The van der Waals surface area contributed by atoms with E-state index in [0.29, 0.717) is 6.61 Å². The number of nitrogens with one attached hydrogen (secondary N) is 1. The van der Waals surface area contributed by atoms with Crippen LogP contribution >= 0.6 is 0 Å². The van der Waals surface area contributed by atoms with Crippen molar-refractivity contribution in [2.75, 3.05) is 13.2 Å². The maximum Gasteiger partial charge on any atom is 0.0863 e. The van der Waals surface area contributed by atoms with Crippen molar-refractivity contribution in [2.45, 2.75) is 33.6 Å². The highest BCUT2D eigenvalue weighted by atomic mass is 16.6. The topological polar surface area (TPSA) is 21.3 Å². The third-order valence-corrected chi connectivity index (χ3v) is 1.95. The van der Waals surface area contributed by atoms with Crippen LogP contribution in [0.25, 0.3) is 0 Å². The van der Waals surface area contributed by atoms with E-state index in [1.54, 1.807) is 0 Å².